The van der Waals surface area contributed by atoms with Crippen molar-refractivity contribution < 1.29 is 19.8 Å². The number of allylic oxidation sites excluding steroid dienone is 4. The number of rotatable bonds is 33. The summed E-state index contributed by atoms with van der Waals surface area (Å²) in [5, 5.41) is 20.4. The van der Waals surface area contributed by atoms with E-state index in [4.69, 9.17) is 0 Å². The van der Waals surface area contributed by atoms with Gasteiger partial charge in [0.25, 0.3) is 0 Å². The third-order valence-electron chi connectivity index (χ3n) is 9.00. The summed E-state index contributed by atoms with van der Waals surface area (Å²) in [6.07, 6.45) is 37.3. The number of amides is 1. The molecule has 0 aromatic rings. The summed E-state index contributed by atoms with van der Waals surface area (Å²) in [4.78, 5) is 26.6. The predicted molar refractivity (Wildman–Crippen MR) is 189 cm³/mol. The number of unbranched alkanes of at least 4 members (excludes halogenated alkanes) is 18. The molecule has 0 radical (unpaired) electrons. The first-order valence-electron chi connectivity index (χ1n) is 18.8. The molecule has 5 nitrogen and oxygen atoms in total. The van der Waals surface area contributed by atoms with E-state index in [0.29, 0.717) is 6.42 Å². The van der Waals surface area contributed by atoms with Crippen molar-refractivity contribution in [3.05, 3.63) is 24.3 Å². The van der Waals surface area contributed by atoms with E-state index in [1.54, 1.807) is 11.8 Å². The number of aldehydes is 1. The molecule has 44 heavy (non-hydrogen) atoms. The predicted octanol–water partition coefficient (Wildman–Crippen LogP) is 10.3. The SMILES string of the molecule is CCCCC/C=C\C/C=C\CCCCCCCC(=O)N(CCO)C(CC=O)C(CCCCCCCCCCCCC)C(C)O. The second kappa shape index (κ2) is 32.9. The fourth-order valence-electron chi connectivity index (χ4n) is 6.25. The Bertz CT molecular complexity index is 690. The Labute approximate surface area is 273 Å². The molecule has 1 amide bonds. The number of hydrogen-bond donors (Lipinski definition) is 2. The summed E-state index contributed by atoms with van der Waals surface area (Å²) < 4.78 is 0. The Morgan fingerprint density at radius 1 is 0.682 bits per heavy atom. The van der Waals surface area contributed by atoms with Crippen molar-refractivity contribution in [3.63, 3.8) is 0 Å². The lowest BCUT2D eigenvalue weighted by molar-refractivity contribution is -0.137. The van der Waals surface area contributed by atoms with Crippen LogP contribution in [0.3, 0.4) is 0 Å². The van der Waals surface area contributed by atoms with Gasteiger partial charge >= 0.3 is 0 Å². The van der Waals surface area contributed by atoms with E-state index in [2.05, 4.69) is 38.2 Å². The summed E-state index contributed by atoms with van der Waals surface area (Å²) >= 11 is 0. The van der Waals surface area contributed by atoms with Crippen molar-refractivity contribution in [2.75, 3.05) is 13.2 Å². The average Bonchev–Trinajstić information content (AvgIpc) is 3.01. The Hall–Kier alpha value is -1.46. The molecule has 0 spiro atoms. The summed E-state index contributed by atoms with van der Waals surface area (Å²) in [6.45, 7) is 6.36. The molecule has 0 aromatic carbocycles. The molecule has 0 saturated heterocycles. The second-order valence-electron chi connectivity index (χ2n) is 13.0. The quantitative estimate of drug-likeness (QED) is 0.0435. The molecule has 3 unspecified atom stereocenters. The summed E-state index contributed by atoms with van der Waals surface area (Å²) in [6, 6.07) is -0.353. The summed E-state index contributed by atoms with van der Waals surface area (Å²) in [5.41, 5.74) is 0. The number of carbonyl (C=O) groups excluding carboxylic acids is 2. The third-order valence-corrected chi connectivity index (χ3v) is 9.00. The highest BCUT2D eigenvalue weighted by molar-refractivity contribution is 5.77. The topological polar surface area (TPSA) is 77.8 Å². The maximum Gasteiger partial charge on any atom is 0.222 e. The smallest absolute Gasteiger partial charge is 0.222 e. The molecule has 2 N–H and O–H groups in total. The minimum atomic E-state index is -0.604. The van der Waals surface area contributed by atoms with Crippen LogP contribution in [0, 0.1) is 5.92 Å². The van der Waals surface area contributed by atoms with Crippen molar-refractivity contribution >= 4 is 12.2 Å². The van der Waals surface area contributed by atoms with E-state index in [0.717, 1.165) is 57.7 Å². The lowest BCUT2D eigenvalue weighted by atomic mass is 9.86. The maximum absolute atomic E-state index is 13.3. The molecule has 3 atom stereocenters. The number of hydrogen-bond acceptors (Lipinski definition) is 4. The monoisotopic (exact) mass is 620 g/mol. The molecule has 0 heterocycles. The molecule has 0 aliphatic heterocycles. The van der Waals surface area contributed by atoms with Gasteiger partial charge in [0.05, 0.1) is 12.7 Å². The maximum atomic E-state index is 13.3. The standard InChI is InChI=1S/C39H73NO4/c1-4-6-8-10-12-14-16-17-18-19-21-23-25-27-29-31-39(44)40(33-35-42)38(32-34-41)37(36(3)43)30-28-26-24-22-20-15-13-11-9-7-5-2/h12,14,17-18,34,36-38,42-43H,4-11,13,15-16,19-33,35H2,1-3H3/b14-12-,18-17-. The fraction of sp³-hybridized carbons (Fsp3) is 0.846. The highest BCUT2D eigenvalue weighted by Gasteiger charge is 2.32. The Balaban J connectivity index is 4.43. The van der Waals surface area contributed by atoms with Gasteiger partial charge in [-0.25, -0.2) is 0 Å². The number of nitrogens with zero attached hydrogens (tertiary/aromatic N) is 1. The first-order chi connectivity index (χ1) is 21.5. The van der Waals surface area contributed by atoms with Crippen molar-refractivity contribution in [1.82, 2.24) is 4.90 Å². The van der Waals surface area contributed by atoms with E-state index in [1.807, 2.05) is 0 Å². The summed E-state index contributed by atoms with van der Waals surface area (Å²) in [7, 11) is 0. The van der Waals surface area contributed by atoms with Crippen LogP contribution in [0.5, 0.6) is 0 Å². The van der Waals surface area contributed by atoms with Crippen LogP contribution >= 0.6 is 0 Å². The van der Waals surface area contributed by atoms with Crippen LogP contribution in [-0.4, -0.2) is 52.6 Å². The van der Waals surface area contributed by atoms with Gasteiger partial charge in [-0.15, -0.1) is 0 Å². The highest BCUT2D eigenvalue weighted by Crippen LogP contribution is 2.26. The largest absolute Gasteiger partial charge is 0.395 e. The van der Waals surface area contributed by atoms with Crippen LogP contribution in [0.25, 0.3) is 0 Å². The van der Waals surface area contributed by atoms with Crippen LogP contribution in [0.15, 0.2) is 24.3 Å². The Kier molecular flexibility index (Phi) is 31.8. The molecule has 0 bridgehead atoms. The summed E-state index contributed by atoms with van der Waals surface area (Å²) in [5.74, 6) is -0.153. The minimum absolute atomic E-state index is 0.00108. The van der Waals surface area contributed by atoms with Crippen molar-refractivity contribution in [3.8, 4) is 0 Å². The van der Waals surface area contributed by atoms with Gasteiger partial charge in [0, 0.05) is 31.3 Å². The molecular formula is C39H73NO4. The normalized spacial score (nSPS) is 13.9. The van der Waals surface area contributed by atoms with E-state index >= 15 is 0 Å². The van der Waals surface area contributed by atoms with Crippen LogP contribution in [0.4, 0.5) is 0 Å². The lowest BCUT2D eigenvalue weighted by Crippen LogP contribution is -2.49. The third kappa shape index (κ3) is 24.8. The van der Waals surface area contributed by atoms with Gasteiger partial charge in [-0.2, -0.15) is 0 Å². The molecular weight excluding hydrogens is 546 g/mol. The van der Waals surface area contributed by atoms with E-state index in [1.165, 1.54) is 96.3 Å². The fourth-order valence-corrected chi connectivity index (χ4v) is 6.25. The van der Waals surface area contributed by atoms with Gasteiger partial charge in [0.2, 0.25) is 5.91 Å². The Morgan fingerprint density at radius 2 is 1.16 bits per heavy atom. The molecule has 0 fully saturated rings. The molecule has 258 valence electrons. The number of aliphatic hydroxyl groups is 2. The number of carbonyl (C=O) groups is 2. The lowest BCUT2D eigenvalue weighted by Gasteiger charge is -2.38. The molecule has 0 saturated carbocycles. The van der Waals surface area contributed by atoms with Crippen molar-refractivity contribution in [1.29, 1.82) is 0 Å². The van der Waals surface area contributed by atoms with Gasteiger partial charge in [-0.05, 0) is 51.9 Å². The second-order valence-corrected chi connectivity index (χ2v) is 13.0. The van der Waals surface area contributed by atoms with Gasteiger partial charge < -0.3 is 19.9 Å². The van der Waals surface area contributed by atoms with E-state index < -0.39 is 6.10 Å². The molecule has 0 aromatic heterocycles. The van der Waals surface area contributed by atoms with E-state index in [9.17, 15) is 19.8 Å². The van der Waals surface area contributed by atoms with Crippen molar-refractivity contribution in [2.24, 2.45) is 5.92 Å². The zero-order valence-corrected chi connectivity index (χ0v) is 29.4. The molecule has 0 aliphatic rings. The first-order valence-corrected chi connectivity index (χ1v) is 18.8. The first kappa shape index (κ1) is 42.5. The van der Waals surface area contributed by atoms with Gasteiger partial charge in [0.15, 0.2) is 0 Å². The molecule has 0 rings (SSSR count). The van der Waals surface area contributed by atoms with Crippen LogP contribution in [-0.2, 0) is 9.59 Å². The zero-order valence-electron chi connectivity index (χ0n) is 29.4. The van der Waals surface area contributed by atoms with Crippen molar-refractivity contribution in [2.45, 2.75) is 193 Å². The molecule has 5 heteroatoms. The average molecular weight is 620 g/mol. The van der Waals surface area contributed by atoms with E-state index in [-0.39, 0.29) is 37.4 Å². The van der Waals surface area contributed by atoms with Crippen LogP contribution in [0.1, 0.15) is 181 Å². The highest BCUT2D eigenvalue weighted by atomic mass is 16.3. The van der Waals surface area contributed by atoms with Gasteiger partial charge in [-0.3, -0.25) is 4.79 Å². The van der Waals surface area contributed by atoms with Crippen LogP contribution in [0.2, 0.25) is 0 Å². The van der Waals surface area contributed by atoms with Gasteiger partial charge in [-0.1, -0.05) is 141 Å². The molecule has 0 aliphatic carbocycles. The van der Waals surface area contributed by atoms with Crippen LogP contribution < -0.4 is 0 Å². The zero-order chi connectivity index (χ0) is 32.5. The van der Waals surface area contributed by atoms with Gasteiger partial charge in [0.1, 0.15) is 6.29 Å². The number of aliphatic hydroxyl groups excluding tert-OH is 2. The minimum Gasteiger partial charge on any atom is -0.395 e. The Morgan fingerprint density at radius 3 is 1.68 bits per heavy atom.